The minimum Gasteiger partial charge on any atom is -0.481 e. The van der Waals surface area contributed by atoms with Gasteiger partial charge in [0.25, 0.3) is 5.91 Å². The molecule has 0 spiro atoms. The Labute approximate surface area is 115 Å². The standard InChI is InChI=1S/C12H11Cl2NO3/c1-2-3-15-11(17)7-18-12-8(6-16)4-9(13)5-10(12)14/h2,4-6H,1,3,7H2,(H,15,17). The molecular formula is C12H11Cl2NO3. The number of amides is 1. The number of carbonyl (C=O) groups is 2. The Hall–Kier alpha value is -1.52. The van der Waals surface area contributed by atoms with Crippen LogP contribution in [-0.4, -0.2) is 25.3 Å². The molecule has 0 saturated carbocycles. The third kappa shape index (κ3) is 4.05. The number of hydrogen-bond donors (Lipinski definition) is 1. The summed E-state index contributed by atoms with van der Waals surface area (Å²) >= 11 is 11.6. The smallest absolute Gasteiger partial charge is 0.258 e. The second kappa shape index (κ2) is 7.03. The first kappa shape index (κ1) is 14.5. The van der Waals surface area contributed by atoms with Crippen molar-refractivity contribution < 1.29 is 14.3 Å². The molecule has 0 aromatic heterocycles. The first-order valence-corrected chi connectivity index (χ1v) is 5.78. The topological polar surface area (TPSA) is 55.4 Å². The van der Waals surface area contributed by atoms with E-state index in [1.54, 1.807) is 6.08 Å². The van der Waals surface area contributed by atoms with Gasteiger partial charge < -0.3 is 10.1 Å². The van der Waals surface area contributed by atoms with Crippen molar-refractivity contribution in [3.05, 3.63) is 40.4 Å². The molecule has 0 bridgehead atoms. The normalized spacial score (nSPS) is 9.67. The van der Waals surface area contributed by atoms with Gasteiger partial charge in [-0.25, -0.2) is 0 Å². The second-order valence-electron chi connectivity index (χ2n) is 3.31. The number of nitrogens with one attached hydrogen (secondary N) is 1. The minimum absolute atomic E-state index is 0.143. The van der Waals surface area contributed by atoms with Gasteiger partial charge in [0.05, 0.1) is 10.6 Å². The molecule has 1 amide bonds. The maximum absolute atomic E-state index is 11.3. The van der Waals surface area contributed by atoms with Crippen molar-refractivity contribution in [1.82, 2.24) is 5.32 Å². The summed E-state index contributed by atoms with van der Waals surface area (Å²) in [5.41, 5.74) is 0.198. The predicted octanol–water partition coefficient (Wildman–Crippen LogP) is 2.49. The average Bonchev–Trinajstić information content (AvgIpc) is 2.34. The SMILES string of the molecule is C=CCNC(=O)COc1c(Cl)cc(Cl)cc1C=O. The summed E-state index contributed by atoms with van der Waals surface area (Å²) in [6.45, 7) is 3.57. The van der Waals surface area contributed by atoms with E-state index in [1.807, 2.05) is 0 Å². The summed E-state index contributed by atoms with van der Waals surface area (Å²) in [5.74, 6) is -0.192. The zero-order chi connectivity index (χ0) is 13.5. The highest BCUT2D eigenvalue weighted by atomic mass is 35.5. The molecule has 0 atom stereocenters. The van der Waals surface area contributed by atoms with Crippen molar-refractivity contribution >= 4 is 35.4 Å². The van der Waals surface area contributed by atoms with Crippen molar-refractivity contribution in [2.75, 3.05) is 13.2 Å². The number of hydrogen-bond acceptors (Lipinski definition) is 3. The zero-order valence-electron chi connectivity index (χ0n) is 9.41. The summed E-state index contributed by atoms with van der Waals surface area (Å²) in [7, 11) is 0. The van der Waals surface area contributed by atoms with Gasteiger partial charge in [-0.2, -0.15) is 0 Å². The van der Waals surface area contributed by atoms with Gasteiger partial charge in [0.1, 0.15) is 5.75 Å². The number of rotatable bonds is 6. The Bertz CT molecular complexity index is 475. The molecule has 0 saturated heterocycles. The molecule has 1 aromatic carbocycles. The highest BCUT2D eigenvalue weighted by Crippen LogP contribution is 2.31. The summed E-state index contributed by atoms with van der Waals surface area (Å²) in [6, 6.07) is 2.85. The van der Waals surface area contributed by atoms with Gasteiger partial charge in [-0.05, 0) is 12.1 Å². The van der Waals surface area contributed by atoms with Gasteiger partial charge in [0, 0.05) is 11.6 Å². The van der Waals surface area contributed by atoms with Gasteiger partial charge in [-0.15, -0.1) is 6.58 Å². The molecule has 1 N–H and O–H groups in total. The van der Waals surface area contributed by atoms with E-state index in [-0.39, 0.29) is 28.8 Å². The molecule has 0 aliphatic carbocycles. The van der Waals surface area contributed by atoms with Crippen molar-refractivity contribution in [2.45, 2.75) is 0 Å². The molecule has 1 aromatic rings. The van der Waals surface area contributed by atoms with E-state index in [0.717, 1.165) is 0 Å². The molecule has 18 heavy (non-hydrogen) atoms. The van der Waals surface area contributed by atoms with Gasteiger partial charge in [0.15, 0.2) is 12.9 Å². The number of halogens is 2. The van der Waals surface area contributed by atoms with Crippen molar-refractivity contribution in [3.8, 4) is 5.75 Å². The maximum atomic E-state index is 11.3. The van der Waals surface area contributed by atoms with Gasteiger partial charge in [-0.3, -0.25) is 9.59 Å². The molecule has 96 valence electrons. The summed E-state index contributed by atoms with van der Waals surface area (Å²) in [5, 5.41) is 3.04. The van der Waals surface area contributed by atoms with Crippen LogP contribution >= 0.6 is 23.2 Å². The lowest BCUT2D eigenvalue weighted by Gasteiger charge is -2.10. The van der Waals surface area contributed by atoms with Gasteiger partial charge in [-0.1, -0.05) is 29.3 Å². The lowest BCUT2D eigenvalue weighted by atomic mass is 10.2. The maximum Gasteiger partial charge on any atom is 0.258 e. The third-order valence-corrected chi connectivity index (χ3v) is 2.45. The van der Waals surface area contributed by atoms with Crippen LogP contribution in [-0.2, 0) is 4.79 Å². The molecule has 4 nitrogen and oxygen atoms in total. The molecule has 0 aliphatic heterocycles. The van der Waals surface area contributed by atoms with Gasteiger partial charge in [0.2, 0.25) is 0 Å². The Morgan fingerprint density at radius 2 is 2.17 bits per heavy atom. The van der Waals surface area contributed by atoms with E-state index in [9.17, 15) is 9.59 Å². The van der Waals surface area contributed by atoms with Crippen LogP contribution in [0.1, 0.15) is 10.4 Å². The fraction of sp³-hybridized carbons (Fsp3) is 0.167. The van der Waals surface area contributed by atoms with E-state index in [2.05, 4.69) is 11.9 Å². The molecule has 0 aliphatic rings. The largest absolute Gasteiger partial charge is 0.481 e. The second-order valence-corrected chi connectivity index (χ2v) is 4.15. The van der Waals surface area contributed by atoms with Crippen molar-refractivity contribution in [2.24, 2.45) is 0 Å². The zero-order valence-corrected chi connectivity index (χ0v) is 10.9. The van der Waals surface area contributed by atoms with Gasteiger partial charge >= 0.3 is 0 Å². The Morgan fingerprint density at radius 1 is 1.44 bits per heavy atom. The highest BCUT2D eigenvalue weighted by molar-refractivity contribution is 6.36. The summed E-state index contributed by atoms with van der Waals surface area (Å²) < 4.78 is 5.20. The molecule has 6 heteroatoms. The van der Waals surface area contributed by atoms with Crippen molar-refractivity contribution in [3.63, 3.8) is 0 Å². The highest BCUT2D eigenvalue weighted by Gasteiger charge is 2.11. The van der Waals surface area contributed by atoms with Crippen LogP contribution in [0.4, 0.5) is 0 Å². The quantitative estimate of drug-likeness (QED) is 0.646. The van der Waals surface area contributed by atoms with Crippen LogP contribution in [0.2, 0.25) is 10.0 Å². The molecule has 0 fully saturated rings. The van der Waals surface area contributed by atoms with E-state index >= 15 is 0 Å². The van der Waals surface area contributed by atoms with Crippen LogP contribution in [0.25, 0.3) is 0 Å². The van der Waals surface area contributed by atoms with Crippen LogP contribution in [0.5, 0.6) is 5.75 Å². The third-order valence-electron chi connectivity index (χ3n) is 1.96. The predicted molar refractivity (Wildman–Crippen MR) is 70.6 cm³/mol. The minimum atomic E-state index is -0.335. The number of carbonyl (C=O) groups excluding carboxylic acids is 2. The van der Waals surface area contributed by atoms with Crippen molar-refractivity contribution in [1.29, 1.82) is 0 Å². The number of aldehydes is 1. The number of benzene rings is 1. The lowest BCUT2D eigenvalue weighted by molar-refractivity contribution is -0.122. The Balaban J connectivity index is 2.75. The first-order valence-electron chi connectivity index (χ1n) is 5.03. The monoisotopic (exact) mass is 287 g/mol. The van der Waals surface area contributed by atoms with E-state index in [1.165, 1.54) is 12.1 Å². The van der Waals surface area contributed by atoms with Crippen LogP contribution in [0, 0.1) is 0 Å². The van der Waals surface area contributed by atoms with Crippen LogP contribution in [0.15, 0.2) is 24.8 Å². The lowest BCUT2D eigenvalue weighted by Crippen LogP contribution is -2.29. The van der Waals surface area contributed by atoms with E-state index < -0.39 is 0 Å². The van der Waals surface area contributed by atoms with E-state index in [4.69, 9.17) is 27.9 Å². The Morgan fingerprint density at radius 3 is 2.78 bits per heavy atom. The Kier molecular flexibility index (Phi) is 5.68. The average molecular weight is 288 g/mol. The summed E-state index contributed by atoms with van der Waals surface area (Å²) in [6.07, 6.45) is 2.11. The van der Waals surface area contributed by atoms with Crippen LogP contribution in [0.3, 0.4) is 0 Å². The fourth-order valence-electron chi connectivity index (χ4n) is 1.19. The number of ether oxygens (including phenoxy) is 1. The summed E-state index contributed by atoms with van der Waals surface area (Å²) in [4.78, 5) is 22.1. The fourth-order valence-corrected chi connectivity index (χ4v) is 1.76. The molecular weight excluding hydrogens is 277 g/mol. The van der Waals surface area contributed by atoms with Crippen LogP contribution < -0.4 is 10.1 Å². The first-order chi connectivity index (χ1) is 8.58. The molecule has 1 rings (SSSR count). The molecule has 0 radical (unpaired) electrons. The van der Waals surface area contributed by atoms with E-state index in [0.29, 0.717) is 17.9 Å². The molecule has 0 heterocycles. The molecule has 0 unspecified atom stereocenters.